The van der Waals surface area contributed by atoms with E-state index in [1.165, 1.54) is 6.07 Å². The van der Waals surface area contributed by atoms with Crippen LogP contribution in [0.2, 0.25) is 0 Å². The molecule has 0 amide bonds. The van der Waals surface area contributed by atoms with Crippen molar-refractivity contribution in [3.63, 3.8) is 0 Å². The van der Waals surface area contributed by atoms with E-state index in [-0.39, 0.29) is 22.6 Å². The van der Waals surface area contributed by atoms with Crippen molar-refractivity contribution >= 4 is 21.6 Å². The van der Waals surface area contributed by atoms with E-state index in [1.807, 2.05) is 13.0 Å². The SMILES string of the molecule is CC1CN(Cc2cccc([N+](=O)[O-])c2Br)CCC1O. The highest BCUT2D eigenvalue weighted by atomic mass is 79.9. The number of halogens is 1. The molecule has 2 unspecified atom stereocenters. The number of aliphatic hydroxyl groups excluding tert-OH is 1. The van der Waals surface area contributed by atoms with Gasteiger partial charge in [0.05, 0.1) is 15.5 Å². The number of hydrogen-bond acceptors (Lipinski definition) is 4. The molecule has 6 heteroatoms. The van der Waals surface area contributed by atoms with Gasteiger partial charge in [0.1, 0.15) is 0 Å². The van der Waals surface area contributed by atoms with Crippen LogP contribution in [-0.2, 0) is 6.54 Å². The fourth-order valence-electron chi connectivity index (χ4n) is 2.43. The van der Waals surface area contributed by atoms with Crippen LogP contribution < -0.4 is 0 Å². The van der Waals surface area contributed by atoms with Gasteiger partial charge in [0.2, 0.25) is 0 Å². The quantitative estimate of drug-likeness (QED) is 0.684. The molecule has 1 heterocycles. The van der Waals surface area contributed by atoms with Gasteiger partial charge in [-0.25, -0.2) is 0 Å². The fourth-order valence-corrected chi connectivity index (χ4v) is 2.97. The van der Waals surface area contributed by atoms with Gasteiger partial charge in [-0.15, -0.1) is 0 Å². The summed E-state index contributed by atoms with van der Waals surface area (Å²) in [5, 5.41) is 20.6. The first-order valence-electron chi connectivity index (χ1n) is 6.31. The molecule has 1 aliphatic rings. The number of aliphatic hydroxyl groups is 1. The molecule has 5 nitrogen and oxygen atoms in total. The van der Waals surface area contributed by atoms with E-state index in [4.69, 9.17) is 0 Å². The first kappa shape index (κ1) is 14.4. The molecule has 1 aromatic rings. The van der Waals surface area contributed by atoms with Crippen molar-refractivity contribution in [3.05, 3.63) is 38.3 Å². The Morgan fingerprint density at radius 1 is 1.58 bits per heavy atom. The van der Waals surface area contributed by atoms with Gasteiger partial charge in [-0.3, -0.25) is 15.0 Å². The van der Waals surface area contributed by atoms with E-state index >= 15 is 0 Å². The van der Waals surface area contributed by atoms with Gasteiger partial charge in [-0.05, 0) is 33.8 Å². The molecule has 0 spiro atoms. The number of nitro benzene ring substituents is 1. The van der Waals surface area contributed by atoms with E-state index < -0.39 is 0 Å². The summed E-state index contributed by atoms with van der Waals surface area (Å²) in [5.41, 5.74) is 1.01. The van der Waals surface area contributed by atoms with Crippen LogP contribution in [0.25, 0.3) is 0 Å². The number of benzene rings is 1. The van der Waals surface area contributed by atoms with Crippen LogP contribution in [0.4, 0.5) is 5.69 Å². The molecule has 0 aromatic heterocycles. The third-order valence-corrected chi connectivity index (χ3v) is 4.51. The molecule has 104 valence electrons. The summed E-state index contributed by atoms with van der Waals surface area (Å²) in [6.45, 7) is 4.33. The van der Waals surface area contributed by atoms with E-state index in [0.29, 0.717) is 11.0 Å². The Labute approximate surface area is 120 Å². The molecule has 1 aromatic carbocycles. The predicted molar refractivity (Wildman–Crippen MR) is 75.9 cm³/mol. The van der Waals surface area contributed by atoms with Crippen molar-refractivity contribution in [1.82, 2.24) is 4.90 Å². The first-order valence-corrected chi connectivity index (χ1v) is 7.10. The molecular formula is C13H17BrN2O3. The molecule has 1 fully saturated rings. The van der Waals surface area contributed by atoms with Gasteiger partial charge in [0, 0.05) is 25.7 Å². The standard InChI is InChI=1S/C13H17BrN2O3/c1-9-7-15(6-5-12(9)17)8-10-3-2-4-11(13(10)14)16(18)19/h2-4,9,12,17H,5-8H2,1H3. The summed E-state index contributed by atoms with van der Waals surface area (Å²) in [6.07, 6.45) is 0.526. The summed E-state index contributed by atoms with van der Waals surface area (Å²) in [4.78, 5) is 12.7. The number of nitrogens with zero attached hydrogens (tertiary/aromatic N) is 2. The van der Waals surface area contributed by atoms with Crippen LogP contribution in [0.3, 0.4) is 0 Å². The second-order valence-electron chi connectivity index (χ2n) is 5.08. The lowest BCUT2D eigenvalue weighted by molar-refractivity contribution is -0.385. The minimum Gasteiger partial charge on any atom is -0.393 e. The van der Waals surface area contributed by atoms with Gasteiger partial charge in [-0.1, -0.05) is 19.1 Å². The lowest BCUT2D eigenvalue weighted by atomic mass is 9.96. The lowest BCUT2D eigenvalue weighted by Crippen LogP contribution is -2.41. The summed E-state index contributed by atoms with van der Waals surface area (Å²) >= 11 is 3.32. The number of nitro groups is 1. The van der Waals surface area contributed by atoms with Crippen molar-refractivity contribution in [1.29, 1.82) is 0 Å². The summed E-state index contributed by atoms with van der Waals surface area (Å²) in [5.74, 6) is 0.242. The highest BCUT2D eigenvalue weighted by Gasteiger charge is 2.25. The second-order valence-corrected chi connectivity index (χ2v) is 5.87. The summed E-state index contributed by atoms with van der Waals surface area (Å²) < 4.78 is 0.554. The van der Waals surface area contributed by atoms with Crippen LogP contribution in [0.5, 0.6) is 0 Å². The molecule has 0 saturated carbocycles. The third kappa shape index (κ3) is 3.32. The Bertz CT molecular complexity index is 481. The van der Waals surface area contributed by atoms with Crippen molar-refractivity contribution in [2.75, 3.05) is 13.1 Å². The Morgan fingerprint density at radius 3 is 2.95 bits per heavy atom. The molecule has 0 radical (unpaired) electrons. The van der Waals surface area contributed by atoms with Crippen LogP contribution in [0.1, 0.15) is 18.9 Å². The average molecular weight is 329 g/mol. The van der Waals surface area contributed by atoms with Crippen molar-refractivity contribution in [3.8, 4) is 0 Å². The highest BCUT2D eigenvalue weighted by Crippen LogP contribution is 2.30. The minimum atomic E-state index is -0.379. The maximum atomic E-state index is 10.9. The predicted octanol–water partition coefficient (Wildman–Crippen LogP) is 2.56. The van der Waals surface area contributed by atoms with Gasteiger partial charge in [-0.2, -0.15) is 0 Å². The van der Waals surface area contributed by atoms with Crippen LogP contribution in [0.15, 0.2) is 22.7 Å². The normalized spacial score (nSPS) is 24.4. The van der Waals surface area contributed by atoms with Crippen molar-refractivity contribution in [2.24, 2.45) is 5.92 Å². The van der Waals surface area contributed by atoms with Crippen LogP contribution >= 0.6 is 15.9 Å². The Morgan fingerprint density at radius 2 is 2.32 bits per heavy atom. The molecule has 2 rings (SSSR count). The molecule has 1 saturated heterocycles. The smallest absolute Gasteiger partial charge is 0.283 e. The fraction of sp³-hybridized carbons (Fsp3) is 0.538. The zero-order valence-electron chi connectivity index (χ0n) is 10.8. The number of likely N-dealkylation sites (tertiary alicyclic amines) is 1. The Kier molecular flexibility index (Phi) is 4.54. The third-order valence-electron chi connectivity index (χ3n) is 3.59. The monoisotopic (exact) mass is 328 g/mol. The van der Waals surface area contributed by atoms with Crippen LogP contribution in [-0.4, -0.2) is 34.1 Å². The zero-order chi connectivity index (χ0) is 14.0. The van der Waals surface area contributed by atoms with Crippen molar-refractivity contribution < 1.29 is 10.0 Å². The van der Waals surface area contributed by atoms with E-state index in [2.05, 4.69) is 20.8 Å². The van der Waals surface area contributed by atoms with Gasteiger partial charge in [0.15, 0.2) is 0 Å². The van der Waals surface area contributed by atoms with Gasteiger partial charge < -0.3 is 5.11 Å². The molecule has 0 aliphatic carbocycles. The maximum Gasteiger partial charge on any atom is 0.283 e. The molecule has 1 N–H and O–H groups in total. The van der Waals surface area contributed by atoms with Crippen LogP contribution in [0, 0.1) is 16.0 Å². The molecule has 19 heavy (non-hydrogen) atoms. The number of hydrogen-bond donors (Lipinski definition) is 1. The van der Waals surface area contributed by atoms with Crippen molar-refractivity contribution in [2.45, 2.75) is 26.0 Å². The average Bonchev–Trinajstić information content (AvgIpc) is 2.36. The molecule has 2 atom stereocenters. The number of rotatable bonds is 3. The first-order chi connectivity index (χ1) is 8.99. The summed E-state index contributed by atoms with van der Waals surface area (Å²) in [6, 6.07) is 5.10. The Balaban J connectivity index is 2.11. The summed E-state index contributed by atoms with van der Waals surface area (Å²) in [7, 11) is 0. The number of piperidine rings is 1. The minimum absolute atomic E-state index is 0.0996. The topological polar surface area (TPSA) is 66.6 Å². The van der Waals surface area contributed by atoms with E-state index in [9.17, 15) is 15.2 Å². The molecule has 0 bridgehead atoms. The Hall–Kier alpha value is -0.980. The van der Waals surface area contributed by atoms with Gasteiger partial charge >= 0.3 is 0 Å². The van der Waals surface area contributed by atoms with Gasteiger partial charge in [0.25, 0.3) is 5.69 Å². The second kappa shape index (κ2) is 5.98. The zero-order valence-corrected chi connectivity index (χ0v) is 12.3. The molecular weight excluding hydrogens is 312 g/mol. The largest absolute Gasteiger partial charge is 0.393 e. The van der Waals surface area contributed by atoms with E-state index in [1.54, 1.807) is 6.07 Å². The lowest BCUT2D eigenvalue weighted by Gasteiger charge is -2.34. The molecule has 1 aliphatic heterocycles. The van der Waals surface area contributed by atoms with E-state index in [0.717, 1.165) is 25.1 Å². The highest BCUT2D eigenvalue weighted by molar-refractivity contribution is 9.10. The maximum absolute atomic E-state index is 10.9.